The van der Waals surface area contributed by atoms with E-state index in [0.717, 1.165) is 19.3 Å². The molecule has 0 aliphatic heterocycles. The third-order valence-electron chi connectivity index (χ3n) is 1.89. The van der Waals surface area contributed by atoms with Crippen LogP contribution in [0.2, 0.25) is 0 Å². The van der Waals surface area contributed by atoms with E-state index in [1.54, 1.807) is 6.08 Å². The van der Waals surface area contributed by atoms with E-state index in [1.807, 2.05) is 0 Å². The maximum Gasteiger partial charge on any atom is 0.333 e. The summed E-state index contributed by atoms with van der Waals surface area (Å²) in [6.45, 7) is 1.76. The van der Waals surface area contributed by atoms with Gasteiger partial charge in [-0.05, 0) is 12.8 Å². The molecule has 0 saturated heterocycles. The lowest BCUT2D eigenvalue weighted by molar-refractivity contribution is -0.133. The lowest BCUT2D eigenvalue weighted by Crippen LogP contribution is -2.04. The molecule has 0 spiro atoms. The number of hydrogen-bond donors (Lipinski definition) is 2. The van der Waals surface area contributed by atoms with Crippen molar-refractivity contribution < 1.29 is 15.0 Å². The lowest BCUT2D eigenvalue weighted by Gasteiger charge is -1.97. The van der Waals surface area contributed by atoms with Crippen LogP contribution >= 0.6 is 0 Å². The second kappa shape index (κ2) is 7.80. The van der Waals surface area contributed by atoms with E-state index in [1.165, 1.54) is 12.8 Å². The van der Waals surface area contributed by atoms with Crippen molar-refractivity contribution in [3.8, 4) is 0 Å². The first-order valence-corrected chi connectivity index (χ1v) is 4.75. The van der Waals surface area contributed by atoms with E-state index in [4.69, 9.17) is 10.2 Å². The second-order valence-corrected chi connectivity index (χ2v) is 3.04. The van der Waals surface area contributed by atoms with Crippen LogP contribution in [-0.2, 0) is 4.79 Å². The van der Waals surface area contributed by atoms with Gasteiger partial charge in [-0.25, -0.2) is 4.79 Å². The van der Waals surface area contributed by atoms with Crippen molar-refractivity contribution in [1.29, 1.82) is 0 Å². The van der Waals surface area contributed by atoms with Crippen LogP contribution in [0.15, 0.2) is 11.6 Å². The predicted octanol–water partition coefficient (Wildman–Crippen LogP) is 1.96. The number of carboxylic acids is 1. The molecule has 0 saturated carbocycles. The number of carboxylic acid groups (broad SMARTS) is 1. The fourth-order valence-electron chi connectivity index (χ4n) is 1.07. The molecule has 0 unspecified atom stereocenters. The molecule has 0 amide bonds. The zero-order valence-corrected chi connectivity index (χ0v) is 8.12. The Morgan fingerprint density at radius 2 is 2.00 bits per heavy atom. The standard InChI is InChI=1S/C10H18O3/c1-2-3-4-5-6-7-9(8-11)10(12)13/h7,11H,2-6,8H2,1H3,(H,12,13). The van der Waals surface area contributed by atoms with Crippen LogP contribution in [0.1, 0.15) is 39.0 Å². The van der Waals surface area contributed by atoms with Gasteiger partial charge in [0, 0.05) is 0 Å². The van der Waals surface area contributed by atoms with Crippen LogP contribution in [0.5, 0.6) is 0 Å². The first-order valence-electron chi connectivity index (χ1n) is 4.75. The molecule has 0 heterocycles. The first kappa shape index (κ1) is 12.2. The highest BCUT2D eigenvalue weighted by Crippen LogP contribution is 2.05. The van der Waals surface area contributed by atoms with Gasteiger partial charge in [-0.2, -0.15) is 0 Å². The third kappa shape index (κ3) is 6.34. The Morgan fingerprint density at radius 3 is 2.46 bits per heavy atom. The van der Waals surface area contributed by atoms with E-state index in [0.29, 0.717) is 0 Å². The van der Waals surface area contributed by atoms with Gasteiger partial charge in [0.05, 0.1) is 12.2 Å². The van der Waals surface area contributed by atoms with Gasteiger partial charge in [0.25, 0.3) is 0 Å². The topological polar surface area (TPSA) is 57.5 Å². The maximum absolute atomic E-state index is 10.4. The number of carbonyl (C=O) groups is 1. The molecule has 0 radical (unpaired) electrons. The van der Waals surface area contributed by atoms with E-state index in [9.17, 15) is 4.79 Å². The number of aliphatic hydroxyl groups excluding tert-OH is 1. The van der Waals surface area contributed by atoms with Gasteiger partial charge in [0.2, 0.25) is 0 Å². The highest BCUT2D eigenvalue weighted by molar-refractivity contribution is 5.86. The van der Waals surface area contributed by atoms with Crippen molar-refractivity contribution in [2.24, 2.45) is 0 Å². The number of aliphatic carboxylic acids is 1. The Labute approximate surface area is 79.1 Å². The molecular formula is C10H18O3. The molecule has 0 aromatic rings. The second-order valence-electron chi connectivity index (χ2n) is 3.04. The molecule has 0 atom stereocenters. The minimum absolute atomic E-state index is 0.108. The fourth-order valence-corrected chi connectivity index (χ4v) is 1.07. The van der Waals surface area contributed by atoms with Crippen molar-refractivity contribution in [1.82, 2.24) is 0 Å². The molecule has 0 rings (SSSR count). The highest BCUT2D eigenvalue weighted by Gasteiger charge is 2.03. The molecule has 13 heavy (non-hydrogen) atoms. The Kier molecular flexibility index (Phi) is 7.30. The highest BCUT2D eigenvalue weighted by atomic mass is 16.4. The molecule has 3 heteroatoms. The van der Waals surface area contributed by atoms with Gasteiger partial charge in [-0.1, -0.05) is 32.3 Å². The Balaban J connectivity index is 3.61. The van der Waals surface area contributed by atoms with Crippen LogP contribution in [0.4, 0.5) is 0 Å². The molecule has 0 fully saturated rings. The average Bonchev–Trinajstić information content (AvgIpc) is 2.10. The summed E-state index contributed by atoms with van der Waals surface area (Å²) in [7, 11) is 0. The summed E-state index contributed by atoms with van der Waals surface area (Å²) in [4.78, 5) is 10.4. The predicted molar refractivity (Wildman–Crippen MR) is 51.6 cm³/mol. The molecule has 2 N–H and O–H groups in total. The van der Waals surface area contributed by atoms with Gasteiger partial charge >= 0.3 is 5.97 Å². The number of aliphatic hydroxyl groups is 1. The van der Waals surface area contributed by atoms with Crippen LogP contribution in [-0.4, -0.2) is 22.8 Å². The van der Waals surface area contributed by atoms with Crippen molar-refractivity contribution >= 4 is 5.97 Å². The van der Waals surface area contributed by atoms with Crippen molar-refractivity contribution in [2.45, 2.75) is 39.0 Å². The number of allylic oxidation sites excluding steroid dienone is 1. The van der Waals surface area contributed by atoms with Gasteiger partial charge in [0.1, 0.15) is 0 Å². The summed E-state index contributed by atoms with van der Waals surface area (Å²) in [5.74, 6) is -1.02. The van der Waals surface area contributed by atoms with E-state index in [-0.39, 0.29) is 12.2 Å². The van der Waals surface area contributed by atoms with Crippen molar-refractivity contribution in [3.05, 3.63) is 11.6 Å². The SMILES string of the molecule is CCCCCCC=C(CO)C(=O)O. The van der Waals surface area contributed by atoms with E-state index in [2.05, 4.69) is 6.92 Å². The lowest BCUT2D eigenvalue weighted by atomic mass is 10.1. The molecule has 3 nitrogen and oxygen atoms in total. The van der Waals surface area contributed by atoms with Crippen LogP contribution in [0.25, 0.3) is 0 Å². The Morgan fingerprint density at radius 1 is 1.31 bits per heavy atom. The number of rotatable bonds is 7. The summed E-state index contributed by atoms with van der Waals surface area (Å²) in [6.07, 6.45) is 6.86. The molecule has 0 aromatic heterocycles. The van der Waals surface area contributed by atoms with E-state index < -0.39 is 5.97 Å². The zero-order valence-electron chi connectivity index (χ0n) is 8.12. The average molecular weight is 186 g/mol. The van der Waals surface area contributed by atoms with Crippen molar-refractivity contribution in [2.75, 3.05) is 6.61 Å². The monoisotopic (exact) mass is 186 g/mol. The van der Waals surface area contributed by atoms with Gasteiger partial charge in [-0.3, -0.25) is 0 Å². The summed E-state index contributed by atoms with van der Waals surface area (Å²) < 4.78 is 0. The first-order chi connectivity index (χ1) is 6.22. The molecule has 0 aliphatic rings. The largest absolute Gasteiger partial charge is 0.478 e. The summed E-state index contributed by atoms with van der Waals surface area (Å²) in [5.41, 5.74) is 0.108. The smallest absolute Gasteiger partial charge is 0.333 e. The minimum atomic E-state index is -1.02. The van der Waals surface area contributed by atoms with Crippen LogP contribution < -0.4 is 0 Å². The molecule has 0 aliphatic carbocycles. The van der Waals surface area contributed by atoms with Crippen LogP contribution in [0, 0.1) is 0 Å². The maximum atomic E-state index is 10.4. The Hall–Kier alpha value is -0.830. The quantitative estimate of drug-likeness (QED) is 0.472. The summed E-state index contributed by atoms with van der Waals surface area (Å²) >= 11 is 0. The minimum Gasteiger partial charge on any atom is -0.478 e. The zero-order chi connectivity index (χ0) is 10.1. The summed E-state index contributed by atoms with van der Waals surface area (Å²) in [5, 5.41) is 17.2. The van der Waals surface area contributed by atoms with Gasteiger partial charge in [0.15, 0.2) is 0 Å². The molecule has 76 valence electrons. The molecule has 0 aromatic carbocycles. The Bertz CT molecular complexity index is 173. The molecule has 0 bridgehead atoms. The van der Waals surface area contributed by atoms with Crippen molar-refractivity contribution in [3.63, 3.8) is 0 Å². The summed E-state index contributed by atoms with van der Waals surface area (Å²) in [6, 6.07) is 0. The number of hydrogen-bond acceptors (Lipinski definition) is 2. The normalized spacial score (nSPS) is 11.7. The van der Waals surface area contributed by atoms with E-state index >= 15 is 0 Å². The fraction of sp³-hybridized carbons (Fsp3) is 0.700. The van der Waals surface area contributed by atoms with Gasteiger partial charge < -0.3 is 10.2 Å². The van der Waals surface area contributed by atoms with Gasteiger partial charge in [-0.15, -0.1) is 0 Å². The van der Waals surface area contributed by atoms with Crippen LogP contribution in [0.3, 0.4) is 0 Å². The third-order valence-corrected chi connectivity index (χ3v) is 1.89. The molecular weight excluding hydrogens is 168 g/mol. The number of unbranched alkanes of at least 4 members (excludes halogenated alkanes) is 4.